The van der Waals surface area contributed by atoms with Crippen LogP contribution >= 0.6 is 0 Å². The Morgan fingerprint density at radius 2 is 1.65 bits per heavy atom. The van der Waals surface area contributed by atoms with Crippen molar-refractivity contribution in [2.24, 2.45) is 0 Å². The van der Waals surface area contributed by atoms with Crippen molar-refractivity contribution in [1.29, 1.82) is 0 Å². The van der Waals surface area contributed by atoms with Gasteiger partial charge in [0.25, 0.3) is 0 Å². The highest BCUT2D eigenvalue weighted by atomic mass is 16.5. The Bertz CT molecular complexity index is 712. The van der Waals surface area contributed by atoms with E-state index in [1.807, 2.05) is 44.2 Å². The summed E-state index contributed by atoms with van der Waals surface area (Å²) in [6.07, 6.45) is 2.25. The summed E-state index contributed by atoms with van der Waals surface area (Å²) >= 11 is 0. The lowest BCUT2D eigenvalue weighted by atomic mass is 9.82. The monoisotopic (exact) mass is 353 g/mol. The molecule has 0 fully saturated rings. The van der Waals surface area contributed by atoms with Crippen LogP contribution in [0.2, 0.25) is 0 Å². The van der Waals surface area contributed by atoms with E-state index >= 15 is 0 Å². The average Bonchev–Trinajstić information content (AvgIpc) is 2.62. The maximum atomic E-state index is 12.1. The van der Waals surface area contributed by atoms with Gasteiger partial charge in [-0.2, -0.15) is 0 Å². The van der Waals surface area contributed by atoms with Crippen molar-refractivity contribution in [3.63, 3.8) is 0 Å². The lowest BCUT2D eigenvalue weighted by molar-refractivity contribution is -0.116. The zero-order chi connectivity index (χ0) is 19.2. The highest BCUT2D eigenvalue weighted by molar-refractivity contribution is 5.92. The maximum absolute atomic E-state index is 12.1. The Balaban J connectivity index is 1.77. The lowest BCUT2D eigenvalue weighted by Crippen LogP contribution is -2.15. The summed E-state index contributed by atoms with van der Waals surface area (Å²) in [5.41, 5.74) is 4.60. The van der Waals surface area contributed by atoms with Crippen LogP contribution in [0.4, 0.5) is 5.69 Å². The number of rotatable bonds is 8. The predicted octanol–water partition coefficient (Wildman–Crippen LogP) is 5.79. The molecule has 2 rings (SSSR count). The Morgan fingerprint density at radius 1 is 1.04 bits per heavy atom. The quantitative estimate of drug-likeness (QED) is 0.610. The zero-order valence-corrected chi connectivity index (χ0v) is 16.7. The maximum Gasteiger partial charge on any atom is 0.224 e. The number of amides is 1. The van der Waals surface area contributed by atoms with E-state index in [9.17, 15) is 4.79 Å². The van der Waals surface area contributed by atoms with Gasteiger partial charge in [-0.1, -0.05) is 51.1 Å². The molecule has 0 heterocycles. The van der Waals surface area contributed by atoms with Crippen molar-refractivity contribution < 1.29 is 9.53 Å². The number of anilines is 1. The fourth-order valence-corrected chi connectivity index (χ4v) is 2.84. The van der Waals surface area contributed by atoms with E-state index in [2.05, 4.69) is 38.2 Å². The third-order valence-electron chi connectivity index (χ3n) is 5.08. The van der Waals surface area contributed by atoms with E-state index in [1.165, 1.54) is 5.56 Å². The Labute approximate surface area is 157 Å². The topological polar surface area (TPSA) is 38.3 Å². The fraction of sp³-hybridized carbons (Fsp3) is 0.435. The molecule has 0 saturated heterocycles. The molecule has 0 radical (unpaired) electrons. The molecule has 0 spiro atoms. The van der Waals surface area contributed by atoms with Crippen molar-refractivity contribution in [2.75, 3.05) is 11.9 Å². The highest BCUT2D eigenvalue weighted by Gasteiger charge is 2.17. The molecule has 1 N–H and O–H groups in total. The predicted molar refractivity (Wildman–Crippen MR) is 109 cm³/mol. The van der Waals surface area contributed by atoms with Gasteiger partial charge < -0.3 is 10.1 Å². The molecule has 3 heteroatoms. The molecule has 0 saturated carbocycles. The van der Waals surface area contributed by atoms with Crippen LogP contribution in [0.25, 0.3) is 0 Å². The van der Waals surface area contributed by atoms with E-state index in [0.29, 0.717) is 19.4 Å². The second-order valence-corrected chi connectivity index (χ2v) is 7.53. The van der Waals surface area contributed by atoms with Gasteiger partial charge in [0.2, 0.25) is 5.91 Å². The summed E-state index contributed by atoms with van der Waals surface area (Å²) in [5.74, 6) is 0.891. The lowest BCUT2D eigenvalue weighted by Gasteiger charge is -2.23. The highest BCUT2D eigenvalue weighted by Crippen LogP contribution is 2.28. The fourth-order valence-electron chi connectivity index (χ4n) is 2.84. The van der Waals surface area contributed by atoms with Crippen LogP contribution < -0.4 is 10.1 Å². The Morgan fingerprint density at radius 3 is 2.23 bits per heavy atom. The first-order valence-electron chi connectivity index (χ1n) is 9.43. The Hall–Kier alpha value is -2.29. The van der Waals surface area contributed by atoms with Gasteiger partial charge in [0, 0.05) is 12.1 Å². The normalized spacial score (nSPS) is 11.3. The number of aryl methyl sites for hydroxylation is 2. The van der Waals surface area contributed by atoms with Crippen LogP contribution in [0, 0.1) is 13.8 Å². The molecule has 0 aliphatic rings. The van der Waals surface area contributed by atoms with E-state index in [4.69, 9.17) is 4.74 Å². The van der Waals surface area contributed by atoms with Gasteiger partial charge in [-0.15, -0.1) is 0 Å². The minimum absolute atomic E-state index is 0.0334. The molecule has 0 aliphatic carbocycles. The molecule has 3 nitrogen and oxygen atoms in total. The second kappa shape index (κ2) is 8.88. The van der Waals surface area contributed by atoms with Gasteiger partial charge in [-0.3, -0.25) is 4.79 Å². The molecule has 2 aromatic carbocycles. The number of hydrogen-bond acceptors (Lipinski definition) is 2. The van der Waals surface area contributed by atoms with Crippen LogP contribution in [-0.2, 0) is 10.2 Å². The van der Waals surface area contributed by atoms with Crippen molar-refractivity contribution >= 4 is 11.6 Å². The number of hydrogen-bond donors (Lipinski definition) is 1. The summed E-state index contributed by atoms with van der Waals surface area (Å²) < 4.78 is 5.78. The SMILES string of the molecule is CCC(C)(C)c1ccc(OCCCC(=O)Nc2c(C)cccc2C)cc1. The van der Waals surface area contributed by atoms with Crippen LogP contribution in [0.5, 0.6) is 5.75 Å². The van der Waals surface area contributed by atoms with Crippen LogP contribution in [-0.4, -0.2) is 12.5 Å². The van der Waals surface area contributed by atoms with Crippen molar-refractivity contribution in [3.05, 3.63) is 59.2 Å². The first-order chi connectivity index (χ1) is 12.3. The molecule has 0 unspecified atom stereocenters. The number of ether oxygens (including phenoxy) is 1. The molecule has 0 bridgehead atoms. The number of para-hydroxylation sites is 1. The molecule has 1 amide bonds. The number of carbonyl (C=O) groups excluding carboxylic acids is 1. The minimum Gasteiger partial charge on any atom is -0.494 e. The van der Waals surface area contributed by atoms with Crippen LogP contribution in [0.3, 0.4) is 0 Å². The zero-order valence-electron chi connectivity index (χ0n) is 16.7. The molecule has 0 aromatic heterocycles. The largest absolute Gasteiger partial charge is 0.494 e. The number of carbonyl (C=O) groups is 1. The van der Waals surface area contributed by atoms with E-state index in [0.717, 1.165) is 29.0 Å². The second-order valence-electron chi connectivity index (χ2n) is 7.53. The van der Waals surface area contributed by atoms with Gasteiger partial charge in [0.05, 0.1) is 6.61 Å². The van der Waals surface area contributed by atoms with E-state index in [-0.39, 0.29) is 11.3 Å². The van der Waals surface area contributed by atoms with Gasteiger partial charge in [-0.25, -0.2) is 0 Å². The summed E-state index contributed by atoms with van der Waals surface area (Å²) in [7, 11) is 0. The van der Waals surface area contributed by atoms with Gasteiger partial charge in [-0.05, 0) is 60.9 Å². The molecular weight excluding hydrogens is 322 g/mol. The molecule has 0 aliphatic heterocycles. The Kier molecular flexibility index (Phi) is 6.84. The molecule has 0 atom stereocenters. The molecule has 26 heavy (non-hydrogen) atoms. The van der Waals surface area contributed by atoms with Crippen molar-refractivity contribution in [2.45, 2.75) is 59.3 Å². The van der Waals surface area contributed by atoms with Gasteiger partial charge in [0.1, 0.15) is 5.75 Å². The van der Waals surface area contributed by atoms with Crippen molar-refractivity contribution in [1.82, 2.24) is 0 Å². The van der Waals surface area contributed by atoms with Crippen molar-refractivity contribution in [3.8, 4) is 5.75 Å². The third-order valence-corrected chi connectivity index (χ3v) is 5.08. The van der Waals surface area contributed by atoms with E-state index < -0.39 is 0 Å². The van der Waals surface area contributed by atoms with Gasteiger partial charge >= 0.3 is 0 Å². The standard InChI is InChI=1S/C23H31NO2/c1-6-23(4,5)19-12-14-20(15-13-19)26-16-8-11-21(25)24-22-17(2)9-7-10-18(22)3/h7,9-10,12-15H,6,8,11,16H2,1-5H3,(H,24,25). The number of benzene rings is 2. The van der Waals surface area contributed by atoms with Crippen LogP contribution in [0.15, 0.2) is 42.5 Å². The summed E-state index contributed by atoms with van der Waals surface area (Å²) in [5, 5.41) is 3.01. The van der Waals surface area contributed by atoms with Crippen LogP contribution in [0.1, 0.15) is 56.7 Å². The number of nitrogens with one attached hydrogen (secondary N) is 1. The van der Waals surface area contributed by atoms with Gasteiger partial charge in [0.15, 0.2) is 0 Å². The third kappa shape index (κ3) is 5.35. The molecular formula is C23H31NO2. The van der Waals surface area contributed by atoms with E-state index in [1.54, 1.807) is 0 Å². The summed E-state index contributed by atoms with van der Waals surface area (Å²) in [6.45, 7) is 11.3. The first-order valence-corrected chi connectivity index (χ1v) is 9.43. The minimum atomic E-state index is 0.0334. The summed E-state index contributed by atoms with van der Waals surface area (Å²) in [6, 6.07) is 14.3. The molecule has 140 valence electrons. The molecule has 2 aromatic rings. The smallest absolute Gasteiger partial charge is 0.224 e. The summed E-state index contributed by atoms with van der Waals surface area (Å²) in [4.78, 5) is 12.1. The average molecular weight is 354 g/mol. The first kappa shape index (κ1) is 20.0.